The van der Waals surface area contributed by atoms with Crippen molar-refractivity contribution in [3.63, 3.8) is 0 Å². The molecule has 0 spiro atoms. The molecule has 3 heterocycles. The van der Waals surface area contributed by atoms with E-state index in [1.54, 1.807) is 11.5 Å². The minimum Gasteiger partial charge on any atom is -0.306 e. The Bertz CT molecular complexity index is 1230. The molecule has 2 aliphatic rings. The smallest absolute Gasteiger partial charge is 0.151 e. The number of halogens is 2. The molecule has 1 aliphatic heterocycles. The quantitative estimate of drug-likeness (QED) is 0.389. The number of benzene rings is 2. The molecule has 1 aliphatic carbocycles. The summed E-state index contributed by atoms with van der Waals surface area (Å²) < 4.78 is 8.38. The van der Waals surface area contributed by atoms with E-state index in [0.29, 0.717) is 11.8 Å². The van der Waals surface area contributed by atoms with Crippen LogP contribution in [0.3, 0.4) is 0 Å². The van der Waals surface area contributed by atoms with Gasteiger partial charge in [0.15, 0.2) is 5.82 Å². The molecule has 4 aromatic rings. The number of rotatable bonds is 2. The highest BCUT2D eigenvalue weighted by atomic mass is 35.5. The van der Waals surface area contributed by atoms with Crippen LogP contribution in [-0.4, -0.2) is 19.1 Å². The van der Waals surface area contributed by atoms with Crippen molar-refractivity contribution in [2.75, 3.05) is 0 Å². The first kappa shape index (κ1) is 20.9. The van der Waals surface area contributed by atoms with Crippen molar-refractivity contribution >= 4 is 45.6 Å². The summed E-state index contributed by atoms with van der Waals surface area (Å²) in [4.78, 5) is 0. The van der Waals surface area contributed by atoms with Crippen LogP contribution in [0.2, 0.25) is 5.02 Å². The van der Waals surface area contributed by atoms with Gasteiger partial charge in [0.2, 0.25) is 0 Å². The summed E-state index contributed by atoms with van der Waals surface area (Å²) in [6.07, 6.45) is 4.52. The van der Waals surface area contributed by atoms with Crippen LogP contribution in [0.1, 0.15) is 60.4 Å². The van der Waals surface area contributed by atoms with Crippen LogP contribution >= 0.6 is 35.5 Å². The van der Waals surface area contributed by atoms with E-state index in [1.807, 2.05) is 12.1 Å². The van der Waals surface area contributed by atoms with Gasteiger partial charge in [-0.25, -0.2) is 0 Å². The Labute approximate surface area is 196 Å². The molecule has 5 nitrogen and oxygen atoms in total. The third-order valence-electron chi connectivity index (χ3n) is 6.52. The Balaban J connectivity index is 0.00000204. The topological polar surface area (TPSA) is 55.6 Å². The Kier molecular flexibility index (Phi) is 5.73. The maximum atomic E-state index is 6.25. The number of fused-ring (bicyclic) bond motifs is 4. The lowest BCUT2D eigenvalue weighted by atomic mass is 9.79. The van der Waals surface area contributed by atoms with Crippen LogP contribution in [0.25, 0.3) is 15.8 Å². The molecule has 0 saturated heterocycles. The van der Waals surface area contributed by atoms with Gasteiger partial charge in [0.1, 0.15) is 5.82 Å². The second kappa shape index (κ2) is 8.51. The Morgan fingerprint density at radius 1 is 0.968 bits per heavy atom. The standard InChI is InChI=1S/C23H22ClN5S.ClH/c24-17-9-10-19-16(11-17)12-25-13-21-26-27-23(29(19)21)15-7-5-14(6-8-15)22-18-3-1-2-4-20(18)30-28-22;/h1-4,9-11,14-15,25H,5-8,12-13H2;1H. The van der Waals surface area contributed by atoms with Gasteiger partial charge in [-0.3, -0.25) is 4.57 Å². The average Bonchev–Trinajstić information content (AvgIpc) is 3.34. The fraction of sp³-hybridized carbons (Fsp3) is 0.348. The van der Waals surface area contributed by atoms with E-state index in [0.717, 1.165) is 61.1 Å². The second-order valence-corrected chi connectivity index (χ2v) is 9.54. The van der Waals surface area contributed by atoms with Gasteiger partial charge in [-0.05, 0) is 67.0 Å². The fourth-order valence-corrected chi connectivity index (χ4v) is 6.07. The number of aromatic nitrogens is 4. The SMILES string of the molecule is Cl.Clc1ccc2c(c1)CNCc1nnc(C3CCC(c4nsc5ccccc45)CC3)n1-2. The molecule has 1 N–H and O–H groups in total. The molecule has 2 aromatic carbocycles. The molecular weight excluding hydrogens is 449 g/mol. The van der Waals surface area contributed by atoms with Gasteiger partial charge in [0.05, 0.1) is 22.6 Å². The van der Waals surface area contributed by atoms with Gasteiger partial charge in [-0.15, -0.1) is 22.6 Å². The monoisotopic (exact) mass is 471 g/mol. The highest BCUT2D eigenvalue weighted by molar-refractivity contribution is 7.13. The van der Waals surface area contributed by atoms with Crippen LogP contribution in [0.15, 0.2) is 42.5 Å². The summed E-state index contributed by atoms with van der Waals surface area (Å²) in [5.74, 6) is 3.04. The first-order valence-electron chi connectivity index (χ1n) is 10.6. The first-order valence-corrected chi connectivity index (χ1v) is 11.7. The molecule has 0 amide bonds. The van der Waals surface area contributed by atoms with Crippen molar-refractivity contribution in [2.45, 2.75) is 50.6 Å². The zero-order valence-corrected chi connectivity index (χ0v) is 19.3. The van der Waals surface area contributed by atoms with E-state index in [9.17, 15) is 0 Å². The summed E-state index contributed by atoms with van der Waals surface area (Å²) in [5.41, 5.74) is 3.65. The van der Waals surface area contributed by atoms with Crippen molar-refractivity contribution < 1.29 is 0 Å². The lowest BCUT2D eigenvalue weighted by Crippen LogP contribution is -2.17. The lowest BCUT2D eigenvalue weighted by molar-refractivity contribution is 0.380. The van der Waals surface area contributed by atoms with E-state index in [1.165, 1.54) is 21.3 Å². The summed E-state index contributed by atoms with van der Waals surface area (Å²) in [6.45, 7) is 1.52. The number of nitrogens with one attached hydrogen (secondary N) is 1. The number of hydrogen-bond donors (Lipinski definition) is 1. The van der Waals surface area contributed by atoms with Crippen LogP contribution in [0, 0.1) is 0 Å². The highest BCUT2D eigenvalue weighted by Gasteiger charge is 2.31. The first-order chi connectivity index (χ1) is 14.8. The van der Waals surface area contributed by atoms with Crippen LogP contribution in [-0.2, 0) is 13.1 Å². The van der Waals surface area contributed by atoms with Gasteiger partial charge < -0.3 is 5.32 Å². The average molecular weight is 472 g/mol. The Morgan fingerprint density at radius 3 is 2.65 bits per heavy atom. The van der Waals surface area contributed by atoms with Crippen molar-refractivity contribution in [3.8, 4) is 5.69 Å². The van der Waals surface area contributed by atoms with Gasteiger partial charge in [0, 0.05) is 28.8 Å². The van der Waals surface area contributed by atoms with E-state index >= 15 is 0 Å². The molecule has 31 heavy (non-hydrogen) atoms. The fourth-order valence-electron chi connectivity index (χ4n) is 5.02. The minimum atomic E-state index is 0. The molecule has 0 bridgehead atoms. The summed E-state index contributed by atoms with van der Waals surface area (Å²) in [6, 6.07) is 14.7. The van der Waals surface area contributed by atoms with Gasteiger partial charge in [0.25, 0.3) is 0 Å². The molecule has 0 radical (unpaired) electrons. The molecule has 2 aromatic heterocycles. The maximum absolute atomic E-state index is 6.25. The van der Waals surface area contributed by atoms with Crippen molar-refractivity contribution in [1.29, 1.82) is 0 Å². The summed E-state index contributed by atoms with van der Waals surface area (Å²) in [5, 5.41) is 14.7. The molecule has 0 unspecified atom stereocenters. The third-order valence-corrected chi connectivity index (χ3v) is 7.60. The number of hydrogen-bond acceptors (Lipinski definition) is 5. The highest BCUT2D eigenvalue weighted by Crippen LogP contribution is 2.43. The van der Waals surface area contributed by atoms with E-state index in [2.05, 4.69) is 50.4 Å². The predicted octanol–water partition coefficient (Wildman–Crippen LogP) is 6.00. The van der Waals surface area contributed by atoms with Gasteiger partial charge in [-0.2, -0.15) is 4.37 Å². The van der Waals surface area contributed by atoms with Crippen LogP contribution in [0.4, 0.5) is 0 Å². The maximum Gasteiger partial charge on any atom is 0.151 e. The molecular formula is C23H23Cl2N5S. The molecule has 1 fully saturated rings. The summed E-state index contributed by atoms with van der Waals surface area (Å²) in [7, 11) is 0. The van der Waals surface area contributed by atoms with Crippen molar-refractivity contribution in [3.05, 3.63) is 70.4 Å². The largest absolute Gasteiger partial charge is 0.306 e. The van der Waals surface area contributed by atoms with Crippen molar-refractivity contribution in [1.82, 2.24) is 24.5 Å². The van der Waals surface area contributed by atoms with E-state index < -0.39 is 0 Å². The predicted molar refractivity (Wildman–Crippen MR) is 128 cm³/mol. The van der Waals surface area contributed by atoms with Gasteiger partial charge >= 0.3 is 0 Å². The normalized spacial score (nSPS) is 20.5. The Hall–Kier alpha value is -1.99. The van der Waals surface area contributed by atoms with Gasteiger partial charge in [-0.1, -0.05) is 29.8 Å². The second-order valence-electron chi connectivity index (χ2n) is 8.30. The molecule has 6 rings (SSSR count). The lowest BCUT2D eigenvalue weighted by Gasteiger charge is -2.28. The molecule has 8 heteroatoms. The molecule has 160 valence electrons. The molecule has 1 saturated carbocycles. The van der Waals surface area contributed by atoms with Crippen molar-refractivity contribution in [2.24, 2.45) is 0 Å². The van der Waals surface area contributed by atoms with E-state index in [4.69, 9.17) is 16.0 Å². The third kappa shape index (κ3) is 3.65. The zero-order chi connectivity index (χ0) is 20.1. The van der Waals surface area contributed by atoms with Crippen LogP contribution < -0.4 is 5.32 Å². The zero-order valence-electron chi connectivity index (χ0n) is 16.9. The minimum absolute atomic E-state index is 0. The molecule has 0 atom stereocenters. The Morgan fingerprint density at radius 2 is 1.77 bits per heavy atom. The summed E-state index contributed by atoms with van der Waals surface area (Å²) >= 11 is 7.88. The van der Waals surface area contributed by atoms with Crippen LogP contribution in [0.5, 0.6) is 0 Å². The number of nitrogens with zero attached hydrogens (tertiary/aromatic N) is 4. The van der Waals surface area contributed by atoms with E-state index in [-0.39, 0.29) is 12.4 Å².